The zero-order valence-corrected chi connectivity index (χ0v) is 12.1. The Morgan fingerprint density at radius 2 is 2.28 bits per heavy atom. The summed E-state index contributed by atoms with van der Waals surface area (Å²) in [7, 11) is 0. The molecule has 1 aromatic heterocycles. The molecule has 0 aromatic carbocycles. The van der Waals surface area contributed by atoms with E-state index in [0.717, 1.165) is 37.3 Å². The molecular weight excluding hydrogens is 244 g/mol. The van der Waals surface area contributed by atoms with E-state index in [2.05, 4.69) is 13.8 Å². The molecular formula is C14H22N2OS. The fraction of sp³-hybridized carbons (Fsp3) is 0.786. The van der Waals surface area contributed by atoms with Gasteiger partial charge in [-0.2, -0.15) is 0 Å². The van der Waals surface area contributed by atoms with Crippen molar-refractivity contribution in [2.75, 3.05) is 6.61 Å². The second-order valence-electron chi connectivity index (χ2n) is 5.98. The van der Waals surface area contributed by atoms with Crippen LogP contribution in [-0.4, -0.2) is 17.2 Å². The van der Waals surface area contributed by atoms with Gasteiger partial charge in [0.2, 0.25) is 0 Å². The van der Waals surface area contributed by atoms with Crippen LogP contribution in [0.1, 0.15) is 55.1 Å². The number of hydrogen-bond donors (Lipinski definition) is 1. The molecule has 1 fully saturated rings. The Labute approximate surface area is 113 Å². The standard InChI is InChI=1S/C14H22N2OS/c1-3-13(2)9-14(15,7-8-17-13)12-16-10-5-4-6-11(10)18-12/h3-9,15H2,1-2H3. The van der Waals surface area contributed by atoms with Crippen molar-refractivity contribution in [2.24, 2.45) is 5.73 Å². The highest BCUT2D eigenvalue weighted by Gasteiger charge is 2.43. The van der Waals surface area contributed by atoms with Gasteiger partial charge in [-0.25, -0.2) is 4.98 Å². The lowest BCUT2D eigenvalue weighted by Crippen LogP contribution is -2.50. The van der Waals surface area contributed by atoms with Gasteiger partial charge in [-0.15, -0.1) is 11.3 Å². The number of ether oxygens (including phenoxy) is 1. The molecule has 3 nitrogen and oxygen atoms in total. The summed E-state index contributed by atoms with van der Waals surface area (Å²) < 4.78 is 5.91. The molecule has 2 unspecified atom stereocenters. The zero-order valence-electron chi connectivity index (χ0n) is 11.3. The van der Waals surface area contributed by atoms with E-state index < -0.39 is 0 Å². The van der Waals surface area contributed by atoms with Crippen LogP contribution in [0.25, 0.3) is 0 Å². The molecule has 0 saturated carbocycles. The van der Waals surface area contributed by atoms with Crippen LogP contribution in [0.4, 0.5) is 0 Å². The summed E-state index contributed by atoms with van der Waals surface area (Å²) in [6.07, 6.45) is 6.41. The molecule has 100 valence electrons. The number of fused-ring (bicyclic) bond motifs is 1. The topological polar surface area (TPSA) is 48.1 Å². The maximum Gasteiger partial charge on any atom is 0.113 e. The molecule has 2 heterocycles. The predicted molar refractivity (Wildman–Crippen MR) is 73.9 cm³/mol. The first kappa shape index (κ1) is 12.6. The maximum atomic E-state index is 6.66. The Morgan fingerprint density at radius 3 is 3.00 bits per heavy atom. The van der Waals surface area contributed by atoms with Gasteiger partial charge in [0, 0.05) is 17.9 Å². The number of nitrogens with zero attached hydrogens (tertiary/aromatic N) is 1. The molecule has 0 radical (unpaired) electrons. The van der Waals surface area contributed by atoms with E-state index >= 15 is 0 Å². The van der Waals surface area contributed by atoms with Crippen LogP contribution in [0.2, 0.25) is 0 Å². The Bertz CT molecular complexity index is 437. The van der Waals surface area contributed by atoms with E-state index in [1.807, 2.05) is 11.3 Å². The first-order chi connectivity index (χ1) is 8.55. The third-order valence-corrected chi connectivity index (χ3v) is 5.83. The van der Waals surface area contributed by atoms with E-state index in [-0.39, 0.29) is 11.1 Å². The van der Waals surface area contributed by atoms with Crippen LogP contribution in [0.3, 0.4) is 0 Å². The number of rotatable bonds is 2. The third-order valence-electron chi connectivity index (χ3n) is 4.46. The van der Waals surface area contributed by atoms with Crippen LogP contribution in [0.15, 0.2) is 0 Å². The average Bonchev–Trinajstić information content (AvgIpc) is 2.89. The van der Waals surface area contributed by atoms with Crippen molar-refractivity contribution in [1.82, 2.24) is 4.98 Å². The molecule has 1 aromatic rings. The average molecular weight is 266 g/mol. The van der Waals surface area contributed by atoms with Gasteiger partial charge in [0.05, 0.1) is 16.8 Å². The van der Waals surface area contributed by atoms with Gasteiger partial charge in [-0.1, -0.05) is 6.92 Å². The number of aromatic nitrogens is 1. The van der Waals surface area contributed by atoms with Crippen molar-refractivity contribution >= 4 is 11.3 Å². The highest BCUT2D eigenvalue weighted by Crippen LogP contribution is 2.42. The van der Waals surface area contributed by atoms with Crippen LogP contribution in [0.5, 0.6) is 0 Å². The van der Waals surface area contributed by atoms with E-state index in [0.29, 0.717) is 0 Å². The van der Waals surface area contributed by atoms with Crippen molar-refractivity contribution in [3.05, 3.63) is 15.6 Å². The fourth-order valence-corrected chi connectivity index (χ4v) is 4.38. The zero-order chi connectivity index (χ0) is 12.8. The number of thiazole rings is 1. The van der Waals surface area contributed by atoms with E-state index in [1.54, 1.807) is 0 Å². The lowest BCUT2D eigenvalue weighted by Gasteiger charge is -2.43. The second kappa shape index (κ2) is 4.29. The lowest BCUT2D eigenvalue weighted by atomic mass is 9.80. The first-order valence-corrected chi connectivity index (χ1v) is 7.78. The molecule has 1 aliphatic heterocycles. The highest BCUT2D eigenvalue weighted by atomic mass is 32.1. The number of hydrogen-bond acceptors (Lipinski definition) is 4. The second-order valence-corrected chi connectivity index (χ2v) is 7.06. The normalized spacial score (nSPS) is 35.7. The summed E-state index contributed by atoms with van der Waals surface area (Å²) in [4.78, 5) is 6.30. The van der Waals surface area contributed by atoms with Gasteiger partial charge in [0.1, 0.15) is 5.01 Å². The highest BCUT2D eigenvalue weighted by molar-refractivity contribution is 7.12. The van der Waals surface area contributed by atoms with Gasteiger partial charge >= 0.3 is 0 Å². The Morgan fingerprint density at radius 1 is 1.44 bits per heavy atom. The SMILES string of the molecule is CCC1(C)CC(N)(c2nc3c(s2)CCC3)CCO1. The van der Waals surface area contributed by atoms with Gasteiger partial charge in [0.25, 0.3) is 0 Å². The first-order valence-electron chi connectivity index (χ1n) is 6.97. The van der Waals surface area contributed by atoms with E-state index in [1.165, 1.54) is 23.4 Å². The van der Waals surface area contributed by atoms with E-state index in [4.69, 9.17) is 15.5 Å². The molecule has 4 heteroatoms. The number of nitrogens with two attached hydrogens (primary N) is 1. The minimum absolute atomic E-state index is 0.0802. The van der Waals surface area contributed by atoms with Crippen molar-refractivity contribution in [3.8, 4) is 0 Å². The minimum atomic E-state index is -0.266. The summed E-state index contributed by atoms with van der Waals surface area (Å²) in [5.74, 6) is 0. The molecule has 0 spiro atoms. The molecule has 2 N–H and O–H groups in total. The molecule has 18 heavy (non-hydrogen) atoms. The summed E-state index contributed by atoms with van der Waals surface area (Å²) in [5, 5.41) is 1.15. The molecule has 0 amide bonds. The summed E-state index contributed by atoms with van der Waals surface area (Å²) in [6.45, 7) is 5.10. The number of aryl methyl sites for hydroxylation is 2. The summed E-state index contributed by atoms with van der Waals surface area (Å²) in [5.41, 5.74) is 7.62. The quantitative estimate of drug-likeness (QED) is 0.895. The fourth-order valence-electron chi connectivity index (χ4n) is 3.10. The third kappa shape index (κ3) is 2.00. The molecule has 2 aliphatic rings. The van der Waals surface area contributed by atoms with Crippen LogP contribution in [-0.2, 0) is 23.1 Å². The van der Waals surface area contributed by atoms with Crippen LogP contribution < -0.4 is 5.73 Å². The van der Waals surface area contributed by atoms with Crippen molar-refractivity contribution in [1.29, 1.82) is 0 Å². The maximum absolute atomic E-state index is 6.66. The monoisotopic (exact) mass is 266 g/mol. The molecule has 1 saturated heterocycles. The van der Waals surface area contributed by atoms with Crippen LogP contribution >= 0.6 is 11.3 Å². The summed E-state index contributed by atoms with van der Waals surface area (Å²) in [6, 6.07) is 0. The largest absolute Gasteiger partial charge is 0.375 e. The lowest BCUT2D eigenvalue weighted by molar-refractivity contribution is -0.0955. The molecule has 2 atom stereocenters. The Balaban J connectivity index is 1.89. The van der Waals surface area contributed by atoms with Gasteiger partial charge in [-0.05, 0) is 39.0 Å². The predicted octanol–water partition coefficient (Wildman–Crippen LogP) is 2.76. The van der Waals surface area contributed by atoms with Crippen molar-refractivity contribution in [2.45, 2.75) is 63.5 Å². The molecule has 3 rings (SSSR count). The summed E-state index contributed by atoms with van der Waals surface area (Å²) >= 11 is 1.85. The van der Waals surface area contributed by atoms with Gasteiger partial charge in [-0.3, -0.25) is 0 Å². The van der Waals surface area contributed by atoms with Crippen molar-refractivity contribution < 1.29 is 4.74 Å². The van der Waals surface area contributed by atoms with Gasteiger partial charge in [0.15, 0.2) is 0 Å². The Kier molecular flexibility index (Phi) is 3.00. The smallest absolute Gasteiger partial charge is 0.113 e. The van der Waals surface area contributed by atoms with E-state index in [9.17, 15) is 0 Å². The van der Waals surface area contributed by atoms with Gasteiger partial charge < -0.3 is 10.5 Å². The Hall–Kier alpha value is -0.450. The van der Waals surface area contributed by atoms with Crippen molar-refractivity contribution in [3.63, 3.8) is 0 Å². The molecule has 1 aliphatic carbocycles. The minimum Gasteiger partial charge on any atom is -0.375 e. The van der Waals surface area contributed by atoms with Crippen LogP contribution in [0, 0.1) is 0 Å². The molecule has 0 bridgehead atoms.